The summed E-state index contributed by atoms with van der Waals surface area (Å²) < 4.78 is 36.7. The molecule has 0 aromatic rings. The number of esters is 1. The predicted octanol–water partition coefficient (Wildman–Crippen LogP) is -6.34. The fraction of sp³-hybridized carbons (Fsp3) is 0.500. The number of cyclic esters (lactones) is 1. The largest absolute Gasteiger partial charge is 1.00 e. The zero-order valence-corrected chi connectivity index (χ0v) is 12.5. The molecule has 0 spiro atoms. The molecule has 0 saturated heterocycles. The third-order valence-corrected chi connectivity index (χ3v) is 2.00. The van der Waals surface area contributed by atoms with Gasteiger partial charge in [-0.15, -0.1) is 0 Å². The van der Waals surface area contributed by atoms with Crippen molar-refractivity contribution in [3.05, 3.63) is 11.5 Å². The van der Waals surface area contributed by atoms with Crippen LogP contribution < -0.4 is 56.5 Å². The van der Waals surface area contributed by atoms with Crippen LogP contribution in [0.2, 0.25) is 0 Å². The van der Waals surface area contributed by atoms with Gasteiger partial charge in [-0.2, -0.15) is 8.42 Å². The number of hydrogen-bond donors (Lipinski definition) is 3. The van der Waals surface area contributed by atoms with E-state index in [2.05, 4.69) is 8.92 Å². The zero-order valence-electron chi connectivity index (χ0n) is 8.56. The van der Waals surface area contributed by atoms with E-state index in [0.717, 1.165) is 0 Å². The van der Waals surface area contributed by atoms with Crippen molar-refractivity contribution in [2.24, 2.45) is 0 Å². The molecule has 92 valence electrons. The normalized spacial score (nSPS) is 21.8. The predicted molar refractivity (Wildman–Crippen MR) is 42.6 cm³/mol. The van der Waals surface area contributed by atoms with Gasteiger partial charge in [0.25, 0.3) is 0 Å². The first-order valence-corrected chi connectivity index (χ1v) is 5.20. The molecule has 3 N–H and O–H groups in total. The summed E-state index contributed by atoms with van der Waals surface area (Å²) in [5, 5.41) is 28.8. The number of aliphatic hydroxyl groups is 2. The molecular weight excluding hydrogens is 287 g/mol. The molecule has 0 bridgehead atoms. The summed E-state index contributed by atoms with van der Waals surface area (Å²) in [6, 6.07) is 0. The Bertz CT molecular complexity index is 427. The summed E-state index contributed by atoms with van der Waals surface area (Å²) >= 11 is 0. The first-order valence-electron chi connectivity index (χ1n) is 3.84. The van der Waals surface area contributed by atoms with Crippen molar-refractivity contribution in [2.75, 3.05) is 6.61 Å². The molecule has 17 heavy (non-hydrogen) atoms. The monoisotopic (exact) mass is 294 g/mol. The average molecular weight is 294 g/mol. The molecule has 2 atom stereocenters. The Morgan fingerprint density at radius 3 is 2.47 bits per heavy atom. The van der Waals surface area contributed by atoms with Crippen LogP contribution in [0.3, 0.4) is 0 Å². The summed E-state index contributed by atoms with van der Waals surface area (Å²) in [5.41, 5.74) is 0. The van der Waals surface area contributed by atoms with Gasteiger partial charge in [0.15, 0.2) is 0 Å². The van der Waals surface area contributed by atoms with Gasteiger partial charge in [0, 0.05) is 0 Å². The van der Waals surface area contributed by atoms with Crippen molar-refractivity contribution in [2.45, 2.75) is 12.2 Å². The van der Waals surface area contributed by atoms with Crippen molar-refractivity contribution < 1.29 is 93.4 Å². The third kappa shape index (κ3) is 4.46. The maximum atomic E-state index is 11.2. The number of carbonyl (C=O) groups is 1. The third-order valence-electron chi connectivity index (χ3n) is 1.63. The molecule has 9 nitrogen and oxygen atoms in total. The fourth-order valence-corrected chi connectivity index (χ4v) is 1.34. The van der Waals surface area contributed by atoms with Crippen LogP contribution in [0.25, 0.3) is 0 Å². The second kappa shape index (κ2) is 6.45. The van der Waals surface area contributed by atoms with E-state index in [1.54, 1.807) is 0 Å². The van der Waals surface area contributed by atoms with Gasteiger partial charge >= 0.3 is 67.8 Å². The molecule has 0 unspecified atom stereocenters. The summed E-state index contributed by atoms with van der Waals surface area (Å²) in [7, 11) is -5.03. The molecule has 1 rings (SSSR count). The van der Waals surface area contributed by atoms with Crippen LogP contribution in [0.5, 0.6) is 0 Å². The first kappa shape index (κ1) is 17.3. The van der Waals surface area contributed by atoms with Crippen LogP contribution in [0.1, 0.15) is 0 Å². The minimum atomic E-state index is -5.03. The number of ether oxygens (including phenoxy) is 1. The second-order valence-electron chi connectivity index (χ2n) is 2.78. The van der Waals surface area contributed by atoms with Gasteiger partial charge < -0.3 is 24.2 Å². The molecule has 0 aromatic carbocycles. The second-order valence-corrected chi connectivity index (χ2v) is 3.80. The van der Waals surface area contributed by atoms with E-state index < -0.39 is 46.7 Å². The fourth-order valence-electron chi connectivity index (χ4n) is 0.982. The first-order chi connectivity index (χ1) is 7.26. The van der Waals surface area contributed by atoms with Crippen LogP contribution in [0, 0.1) is 0 Å². The van der Waals surface area contributed by atoms with Crippen molar-refractivity contribution in [3.63, 3.8) is 0 Å². The molecule has 0 fully saturated rings. The van der Waals surface area contributed by atoms with Crippen molar-refractivity contribution in [1.82, 2.24) is 0 Å². The maximum absolute atomic E-state index is 11.2. The molecule has 1 heterocycles. The molecule has 0 saturated carbocycles. The van der Waals surface area contributed by atoms with Crippen LogP contribution in [0.15, 0.2) is 11.5 Å². The zero-order chi connectivity index (χ0) is 12.5. The average Bonchev–Trinajstić information content (AvgIpc) is 2.42. The summed E-state index contributed by atoms with van der Waals surface area (Å²) in [6.07, 6.45) is -3.44. The number of rotatable bonds is 4. The van der Waals surface area contributed by atoms with Gasteiger partial charge in [0.05, 0.1) is 6.61 Å². The van der Waals surface area contributed by atoms with Crippen molar-refractivity contribution >= 4 is 16.4 Å². The Labute approximate surface area is 138 Å². The van der Waals surface area contributed by atoms with Gasteiger partial charge in [-0.25, -0.2) is 4.79 Å². The molecule has 0 amide bonds. The Morgan fingerprint density at radius 1 is 1.53 bits per heavy atom. The summed E-state index contributed by atoms with van der Waals surface area (Å²) in [4.78, 5) is 10.9. The van der Waals surface area contributed by atoms with E-state index >= 15 is 0 Å². The van der Waals surface area contributed by atoms with E-state index in [9.17, 15) is 18.3 Å². The number of carbonyl (C=O) groups excluding carboxylic acids is 1. The smallest absolute Gasteiger partial charge is 0.870 e. The van der Waals surface area contributed by atoms with Gasteiger partial charge in [0.2, 0.25) is 5.76 Å². The number of hydrogen-bond acceptors (Lipinski definition) is 8. The molecular formula is C6H7KO9S. The van der Waals surface area contributed by atoms with E-state index in [1.165, 1.54) is 0 Å². The maximum Gasteiger partial charge on any atom is 1.00 e. The van der Waals surface area contributed by atoms with Gasteiger partial charge in [0.1, 0.15) is 12.2 Å². The topological polar surface area (TPSA) is 153 Å². The van der Waals surface area contributed by atoms with Crippen LogP contribution >= 0.6 is 0 Å². The van der Waals surface area contributed by atoms with Gasteiger partial charge in [-0.3, -0.25) is 4.55 Å². The SMILES string of the molecule is O=C1O[C@H]([C@@H](O)CO)C([O-])=C1OS(=O)(=O)O.[K+]. The Hall–Kier alpha value is 0.276. The molecule has 1 aliphatic heterocycles. The van der Waals surface area contributed by atoms with Crippen LogP contribution in [-0.4, -0.2) is 48.0 Å². The minimum absolute atomic E-state index is 0. The van der Waals surface area contributed by atoms with Gasteiger partial charge in [-0.05, 0) is 5.76 Å². The summed E-state index contributed by atoms with van der Waals surface area (Å²) in [5.74, 6) is -3.98. The molecule has 1 aliphatic rings. The summed E-state index contributed by atoms with van der Waals surface area (Å²) in [6.45, 7) is -0.872. The van der Waals surface area contributed by atoms with Crippen molar-refractivity contribution in [1.29, 1.82) is 0 Å². The van der Waals surface area contributed by atoms with E-state index in [4.69, 9.17) is 14.8 Å². The van der Waals surface area contributed by atoms with Crippen LogP contribution in [-0.2, 0) is 24.1 Å². The molecule has 11 heteroatoms. The Kier molecular flexibility index (Phi) is 6.55. The van der Waals surface area contributed by atoms with Gasteiger partial charge in [-0.1, -0.05) is 0 Å². The number of aliphatic hydroxyl groups excluding tert-OH is 2. The standard InChI is InChI=1S/C6H8O9S.K/c7-1-2(8)4-3(9)5(6(10)14-4)15-16(11,12)13;/h2,4,7-9H,1H2,(H,11,12,13);/q;+1/p-1/t2-,4+;/m0./s1. The Morgan fingerprint density at radius 2 is 2.06 bits per heavy atom. The van der Waals surface area contributed by atoms with E-state index in [-0.39, 0.29) is 51.4 Å². The molecule has 0 radical (unpaired) electrons. The van der Waals surface area contributed by atoms with E-state index in [0.29, 0.717) is 0 Å². The van der Waals surface area contributed by atoms with E-state index in [1.807, 2.05) is 0 Å². The van der Waals surface area contributed by atoms with Crippen LogP contribution in [0.4, 0.5) is 0 Å². The molecule has 0 aliphatic carbocycles. The Balaban J connectivity index is 0.00000256. The quantitative estimate of drug-likeness (QED) is 0.261. The minimum Gasteiger partial charge on any atom is -0.870 e. The molecule has 0 aromatic heterocycles. The van der Waals surface area contributed by atoms with Crippen molar-refractivity contribution in [3.8, 4) is 0 Å².